The van der Waals surface area contributed by atoms with Crippen molar-refractivity contribution in [2.45, 2.75) is 0 Å². The molecule has 0 aliphatic carbocycles. The lowest BCUT2D eigenvalue weighted by Crippen LogP contribution is -2.06. The van der Waals surface area contributed by atoms with Gasteiger partial charge >= 0.3 is 5.97 Å². The largest absolute Gasteiger partial charge is 0.465 e. The van der Waals surface area contributed by atoms with Crippen LogP contribution in [0.1, 0.15) is 15.9 Å². The predicted octanol–water partition coefficient (Wildman–Crippen LogP) is -0.295. The van der Waals surface area contributed by atoms with E-state index in [0.717, 1.165) is 0 Å². The Hall–Kier alpha value is -2.35. The summed E-state index contributed by atoms with van der Waals surface area (Å²) >= 11 is 0. The lowest BCUT2D eigenvalue weighted by Gasteiger charge is -1.97. The number of hydrogen-bond acceptors (Lipinski definition) is 4. The highest BCUT2D eigenvalue weighted by Gasteiger charge is 2.05. The molecule has 0 unspecified atom stereocenters. The first kappa shape index (κ1) is 10.7. The van der Waals surface area contributed by atoms with E-state index in [1.807, 2.05) is 0 Å². The van der Waals surface area contributed by atoms with Crippen molar-refractivity contribution >= 4 is 11.9 Å². The van der Waals surface area contributed by atoms with Gasteiger partial charge < -0.3 is 10.5 Å². The summed E-state index contributed by atoms with van der Waals surface area (Å²) in [5.74, 6) is 3.36. The third-order valence-electron chi connectivity index (χ3n) is 1.49. The first-order valence-corrected chi connectivity index (χ1v) is 3.98. The van der Waals surface area contributed by atoms with Gasteiger partial charge in [0.05, 0.1) is 12.7 Å². The number of hydrogen-bond donors (Lipinski definition) is 1. The molecule has 5 heteroatoms. The minimum atomic E-state index is -0.738. The molecule has 0 radical (unpaired) electrons. The van der Waals surface area contributed by atoms with Crippen LogP contribution < -0.4 is 5.73 Å². The number of nitrogens with zero attached hydrogens (tertiary/aromatic N) is 1. The number of rotatable bonds is 1. The molecule has 0 fully saturated rings. The van der Waals surface area contributed by atoms with Crippen molar-refractivity contribution in [3.05, 3.63) is 29.6 Å². The van der Waals surface area contributed by atoms with Crippen LogP contribution in [-0.2, 0) is 9.53 Å². The summed E-state index contributed by atoms with van der Waals surface area (Å²) in [6.45, 7) is 0. The second kappa shape index (κ2) is 4.77. The van der Waals surface area contributed by atoms with E-state index in [9.17, 15) is 9.59 Å². The molecule has 1 aromatic rings. The van der Waals surface area contributed by atoms with Crippen molar-refractivity contribution in [2.75, 3.05) is 7.11 Å². The van der Waals surface area contributed by atoms with E-state index in [2.05, 4.69) is 21.6 Å². The predicted molar refractivity (Wildman–Crippen MR) is 51.6 cm³/mol. The van der Waals surface area contributed by atoms with Gasteiger partial charge in [-0.1, -0.05) is 5.92 Å². The molecule has 15 heavy (non-hydrogen) atoms. The fourth-order valence-electron chi connectivity index (χ4n) is 0.872. The van der Waals surface area contributed by atoms with Crippen molar-refractivity contribution in [1.29, 1.82) is 0 Å². The van der Waals surface area contributed by atoms with Crippen LogP contribution >= 0.6 is 0 Å². The standard InChI is InChI=1S/C10H8N2O3/c1-15-10(14)8-4-7(5-12-6-8)2-3-9(11)13/h4-6H,1H3,(H2,11,13). The molecule has 0 aromatic carbocycles. The Labute approximate surface area is 86.3 Å². The van der Waals surface area contributed by atoms with Crippen LogP contribution in [0.15, 0.2) is 18.5 Å². The van der Waals surface area contributed by atoms with E-state index in [0.29, 0.717) is 5.56 Å². The number of esters is 1. The molecule has 1 rings (SSSR count). The first-order chi connectivity index (χ1) is 7.13. The van der Waals surface area contributed by atoms with Crippen LogP contribution in [-0.4, -0.2) is 24.0 Å². The highest BCUT2D eigenvalue weighted by Crippen LogP contribution is 2.02. The average Bonchev–Trinajstić information content (AvgIpc) is 2.25. The van der Waals surface area contributed by atoms with Gasteiger partial charge in [-0.3, -0.25) is 9.78 Å². The van der Waals surface area contributed by atoms with Gasteiger partial charge in [0, 0.05) is 23.9 Å². The maximum atomic E-state index is 11.1. The maximum absolute atomic E-state index is 11.1. The lowest BCUT2D eigenvalue weighted by atomic mass is 10.2. The van der Waals surface area contributed by atoms with Crippen molar-refractivity contribution in [1.82, 2.24) is 4.98 Å². The van der Waals surface area contributed by atoms with Crippen LogP contribution in [0.2, 0.25) is 0 Å². The lowest BCUT2D eigenvalue weighted by molar-refractivity contribution is -0.112. The highest BCUT2D eigenvalue weighted by molar-refractivity contribution is 5.93. The van der Waals surface area contributed by atoms with Crippen molar-refractivity contribution in [2.24, 2.45) is 5.73 Å². The zero-order chi connectivity index (χ0) is 11.3. The molecule has 1 aromatic heterocycles. The summed E-state index contributed by atoms with van der Waals surface area (Å²) in [6.07, 6.45) is 2.77. The Morgan fingerprint density at radius 1 is 1.47 bits per heavy atom. The Morgan fingerprint density at radius 3 is 2.80 bits per heavy atom. The third kappa shape index (κ3) is 3.12. The van der Waals surface area contributed by atoms with Gasteiger partial charge in [0.2, 0.25) is 0 Å². The van der Waals surface area contributed by atoms with Crippen LogP contribution in [0.3, 0.4) is 0 Å². The van der Waals surface area contributed by atoms with Crippen LogP contribution in [0.5, 0.6) is 0 Å². The Morgan fingerprint density at radius 2 is 2.20 bits per heavy atom. The van der Waals surface area contributed by atoms with Gasteiger partial charge in [-0.15, -0.1) is 0 Å². The molecule has 0 saturated heterocycles. The van der Waals surface area contributed by atoms with E-state index < -0.39 is 11.9 Å². The number of methoxy groups -OCH3 is 1. The smallest absolute Gasteiger partial charge is 0.339 e. The zero-order valence-corrected chi connectivity index (χ0v) is 7.98. The van der Waals surface area contributed by atoms with Gasteiger partial charge in [0.1, 0.15) is 0 Å². The van der Waals surface area contributed by atoms with Crippen molar-refractivity contribution < 1.29 is 14.3 Å². The molecule has 76 valence electrons. The van der Waals surface area contributed by atoms with Gasteiger partial charge in [-0.05, 0) is 6.07 Å². The molecule has 0 aliphatic rings. The van der Waals surface area contributed by atoms with Gasteiger partial charge in [0.25, 0.3) is 5.91 Å². The van der Waals surface area contributed by atoms with Crippen LogP contribution in [0.4, 0.5) is 0 Å². The van der Waals surface area contributed by atoms with Gasteiger partial charge in [-0.25, -0.2) is 4.79 Å². The molecule has 2 N–H and O–H groups in total. The number of amides is 1. The van der Waals surface area contributed by atoms with E-state index >= 15 is 0 Å². The zero-order valence-electron chi connectivity index (χ0n) is 7.98. The fraction of sp³-hybridized carbons (Fsp3) is 0.100. The average molecular weight is 204 g/mol. The normalized spacial score (nSPS) is 8.60. The molecule has 0 aliphatic heterocycles. The second-order valence-electron chi connectivity index (χ2n) is 2.57. The summed E-state index contributed by atoms with van der Waals surface area (Å²) in [7, 11) is 1.27. The van der Waals surface area contributed by atoms with E-state index in [-0.39, 0.29) is 5.56 Å². The number of pyridine rings is 1. The topological polar surface area (TPSA) is 82.3 Å². The number of nitrogens with two attached hydrogens (primary N) is 1. The second-order valence-corrected chi connectivity index (χ2v) is 2.57. The summed E-state index contributed by atoms with van der Waals surface area (Å²) in [4.78, 5) is 25.3. The van der Waals surface area contributed by atoms with Crippen LogP contribution in [0.25, 0.3) is 0 Å². The molecule has 0 bridgehead atoms. The molecular weight excluding hydrogens is 196 g/mol. The number of carbonyl (C=O) groups excluding carboxylic acids is 2. The summed E-state index contributed by atoms with van der Waals surface area (Å²) in [5, 5.41) is 0. The number of primary amides is 1. The van der Waals surface area contributed by atoms with Crippen molar-refractivity contribution in [3.63, 3.8) is 0 Å². The number of ether oxygens (including phenoxy) is 1. The minimum absolute atomic E-state index is 0.272. The number of aromatic nitrogens is 1. The van der Waals surface area contributed by atoms with E-state index in [1.165, 1.54) is 25.6 Å². The summed E-state index contributed by atoms with van der Waals surface area (Å²) < 4.78 is 4.50. The highest BCUT2D eigenvalue weighted by atomic mass is 16.5. The summed E-state index contributed by atoms with van der Waals surface area (Å²) in [5.41, 5.74) is 5.54. The molecular formula is C10H8N2O3. The fourth-order valence-corrected chi connectivity index (χ4v) is 0.872. The van der Waals surface area contributed by atoms with E-state index in [1.54, 1.807) is 0 Å². The molecule has 1 heterocycles. The Kier molecular flexibility index (Phi) is 3.41. The Bertz CT molecular complexity index is 457. The molecule has 0 saturated carbocycles. The SMILES string of the molecule is COC(=O)c1cncc(C#CC(N)=O)c1. The number of carbonyl (C=O) groups is 2. The molecule has 1 amide bonds. The maximum Gasteiger partial charge on any atom is 0.339 e. The van der Waals surface area contributed by atoms with Crippen molar-refractivity contribution in [3.8, 4) is 11.8 Å². The van der Waals surface area contributed by atoms with Gasteiger partial charge in [0.15, 0.2) is 0 Å². The minimum Gasteiger partial charge on any atom is -0.465 e. The summed E-state index contributed by atoms with van der Waals surface area (Å²) in [6, 6.07) is 1.47. The molecule has 0 atom stereocenters. The Balaban J connectivity index is 2.99. The molecule has 5 nitrogen and oxygen atoms in total. The monoisotopic (exact) mass is 204 g/mol. The van der Waals surface area contributed by atoms with Crippen LogP contribution in [0, 0.1) is 11.8 Å². The van der Waals surface area contributed by atoms with E-state index in [4.69, 9.17) is 5.73 Å². The molecule has 0 spiro atoms. The quantitative estimate of drug-likeness (QED) is 0.503. The van der Waals surface area contributed by atoms with Gasteiger partial charge in [-0.2, -0.15) is 0 Å². The first-order valence-electron chi connectivity index (χ1n) is 3.98. The third-order valence-corrected chi connectivity index (χ3v) is 1.49.